The minimum atomic E-state index is -2.40. The van der Waals surface area contributed by atoms with E-state index >= 15 is 4.79 Å². The zero-order valence-electron chi connectivity index (χ0n) is 35.8. The van der Waals surface area contributed by atoms with Crippen LogP contribution in [-0.2, 0) is 47.6 Å². The quantitative estimate of drug-likeness (QED) is 0.160. The molecule has 3 aliphatic carbocycles. The van der Waals surface area contributed by atoms with Crippen LogP contribution in [0.15, 0.2) is 71.8 Å². The summed E-state index contributed by atoms with van der Waals surface area (Å²) in [4.78, 5) is 82.9. The number of nitrogens with one attached hydrogen (secondary N) is 1. The van der Waals surface area contributed by atoms with Gasteiger partial charge in [0, 0.05) is 32.1 Å². The Morgan fingerprint density at radius 1 is 0.902 bits per heavy atom. The van der Waals surface area contributed by atoms with Crippen LogP contribution in [0.5, 0.6) is 0 Å². The summed E-state index contributed by atoms with van der Waals surface area (Å²) in [5.41, 5.74) is -8.30. The molecule has 0 radical (unpaired) electrons. The summed E-state index contributed by atoms with van der Waals surface area (Å²) in [5, 5.41) is 39.9. The molecule has 2 aromatic carbocycles. The molecule has 3 fully saturated rings. The number of rotatable bonds is 9. The molecule has 1 saturated heterocycles. The summed E-state index contributed by atoms with van der Waals surface area (Å²) in [6.07, 6.45) is -11.5. The summed E-state index contributed by atoms with van der Waals surface area (Å²) < 4.78 is 35.6. The van der Waals surface area contributed by atoms with Crippen molar-refractivity contribution in [3.05, 3.63) is 82.9 Å². The lowest BCUT2D eigenvalue weighted by Gasteiger charge is -2.67. The molecule has 61 heavy (non-hydrogen) atoms. The Balaban J connectivity index is 1.54. The van der Waals surface area contributed by atoms with E-state index < -0.39 is 118 Å². The molecule has 0 spiro atoms. The van der Waals surface area contributed by atoms with Gasteiger partial charge in [0.2, 0.25) is 0 Å². The number of hydrogen-bond donors (Lipinski definition) is 4. The van der Waals surface area contributed by atoms with Crippen LogP contribution in [0.3, 0.4) is 0 Å². The number of amides is 1. The zero-order chi connectivity index (χ0) is 45.0. The van der Waals surface area contributed by atoms with Gasteiger partial charge in [0.25, 0.3) is 0 Å². The lowest BCUT2D eigenvalue weighted by Crippen LogP contribution is -2.82. The highest BCUT2D eigenvalue weighted by atomic mass is 16.6. The van der Waals surface area contributed by atoms with Crippen LogP contribution < -0.4 is 5.32 Å². The smallest absolute Gasteiger partial charge is 0.408 e. The third kappa shape index (κ3) is 7.94. The van der Waals surface area contributed by atoms with Crippen molar-refractivity contribution in [2.75, 3.05) is 6.61 Å². The molecule has 6 rings (SSSR count). The molecule has 1 amide bonds. The highest BCUT2D eigenvalue weighted by Gasteiger charge is 2.78. The van der Waals surface area contributed by atoms with E-state index in [0.29, 0.717) is 5.56 Å². The molecule has 4 aliphatic rings. The highest BCUT2D eigenvalue weighted by molar-refractivity contribution is 5.95. The Kier molecular flexibility index (Phi) is 12.1. The first-order valence-corrected chi connectivity index (χ1v) is 20.2. The van der Waals surface area contributed by atoms with Crippen molar-refractivity contribution in [2.45, 2.75) is 135 Å². The van der Waals surface area contributed by atoms with Gasteiger partial charge in [0.05, 0.1) is 35.6 Å². The number of Topliss-reactive ketones (excluding diaryl/α,β-unsaturated/α-hetero) is 1. The first-order chi connectivity index (χ1) is 28.4. The number of ether oxygens (including phenoxy) is 6. The predicted octanol–water partition coefficient (Wildman–Crippen LogP) is 3.83. The summed E-state index contributed by atoms with van der Waals surface area (Å²) in [7, 11) is 0. The van der Waals surface area contributed by atoms with E-state index in [-0.39, 0.29) is 29.7 Å². The highest BCUT2D eigenvalue weighted by Crippen LogP contribution is 2.64. The fourth-order valence-corrected chi connectivity index (χ4v) is 9.80. The van der Waals surface area contributed by atoms with Gasteiger partial charge in [-0.2, -0.15) is 0 Å². The third-order valence-electron chi connectivity index (χ3n) is 12.8. The predicted molar refractivity (Wildman–Crippen MR) is 213 cm³/mol. The summed E-state index contributed by atoms with van der Waals surface area (Å²) >= 11 is 0. The maximum absolute atomic E-state index is 15.5. The minimum absolute atomic E-state index is 0.0126. The molecule has 2 bridgehead atoms. The maximum Gasteiger partial charge on any atom is 0.408 e. The molecule has 16 nitrogen and oxygen atoms in total. The molecular formula is C45H55NO15. The molecule has 2 aromatic rings. The number of aliphatic hydroxyl groups excluding tert-OH is 2. The average molecular weight is 850 g/mol. The van der Waals surface area contributed by atoms with E-state index in [2.05, 4.69) is 5.32 Å². The van der Waals surface area contributed by atoms with E-state index in [4.69, 9.17) is 28.4 Å². The Hall–Kier alpha value is -5.16. The van der Waals surface area contributed by atoms with Gasteiger partial charge >= 0.3 is 30.0 Å². The molecule has 0 aromatic heterocycles. The van der Waals surface area contributed by atoms with Gasteiger partial charge in [-0.15, -0.1) is 0 Å². The monoisotopic (exact) mass is 849 g/mol. The van der Waals surface area contributed by atoms with Gasteiger partial charge in [0.15, 0.2) is 23.6 Å². The van der Waals surface area contributed by atoms with E-state index in [9.17, 15) is 39.3 Å². The molecule has 330 valence electrons. The lowest BCUT2D eigenvalue weighted by atomic mass is 9.44. The van der Waals surface area contributed by atoms with Crippen LogP contribution in [-0.4, -0.2) is 111 Å². The molecular weight excluding hydrogens is 794 g/mol. The van der Waals surface area contributed by atoms with Gasteiger partial charge in [-0.25, -0.2) is 14.4 Å². The topological polar surface area (TPSA) is 231 Å². The first-order valence-electron chi connectivity index (χ1n) is 20.2. The van der Waals surface area contributed by atoms with Gasteiger partial charge < -0.3 is 49.1 Å². The molecule has 4 N–H and O–H groups in total. The van der Waals surface area contributed by atoms with Crippen molar-refractivity contribution in [3.8, 4) is 0 Å². The van der Waals surface area contributed by atoms with Crippen LogP contribution in [0, 0.1) is 16.7 Å². The van der Waals surface area contributed by atoms with Crippen LogP contribution >= 0.6 is 0 Å². The van der Waals surface area contributed by atoms with Crippen molar-refractivity contribution in [3.63, 3.8) is 0 Å². The SMILES string of the molecule is CC(=O)O[C@H]1C(=O)[C@@]2(C)[C@H](C(OC(=O)c3ccccc3)[C@]3(O)C[C@H](OC(=O)C(O)C(NC(=O)OC(C)(C)C)c4ccccc4)C(C)=C1C3(C)C)[C@]1(OC(C)=O)CO[C@@H]1C[C@@H]2O. The number of benzene rings is 2. The number of fused-ring (bicyclic) bond motifs is 5. The Morgan fingerprint density at radius 3 is 2.05 bits per heavy atom. The molecule has 1 heterocycles. The zero-order valence-corrected chi connectivity index (χ0v) is 35.8. The minimum Gasteiger partial charge on any atom is -0.456 e. The lowest BCUT2D eigenvalue weighted by molar-refractivity contribution is -0.346. The largest absolute Gasteiger partial charge is 0.456 e. The molecule has 1 aliphatic heterocycles. The second-order valence-corrected chi connectivity index (χ2v) is 18.2. The Morgan fingerprint density at radius 2 is 1.51 bits per heavy atom. The van der Waals surface area contributed by atoms with Crippen LogP contribution in [0.2, 0.25) is 0 Å². The van der Waals surface area contributed by atoms with Gasteiger partial charge in [-0.1, -0.05) is 62.4 Å². The van der Waals surface area contributed by atoms with Crippen molar-refractivity contribution in [2.24, 2.45) is 16.7 Å². The second kappa shape index (κ2) is 16.3. The van der Waals surface area contributed by atoms with E-state index in [1.807, 2.05) is 0 Å². The molecule has 2 saturated carbocycles. The normalized spacial score (nSPS) is 32.5. The van der Waals surface area contributed by atoms with Crippen LogP contribution in [0.4, 0.5) is 4.79 Å². The number of aliphatic hydroxyl groups is 3. The number of carbonyl (C=O) groups is 6. The number of carbonyl (C=O) groups excluding carboxylic acids is 6. The first kappa shape index (κ1) is 45.4. The molecule has 3 unspecified atom stereocenters. The van der Waals surface area contributed by atoms with Crippen molar-refractivity contribution in [1.82, 2.24) is 5.32 Å². The Bertz CT molecular complexity index is 2100. The maximum atomic E-state index is 15.5. The number of esters is 4. The van der Waals surface area contributed by atoms with Crippen molar-refractivity contribution < 1.29 is 72.5 Å². The average Bonchev–Trinajstić information content (AvgIpc) is 3.17. The third-order valence-corrected chi connectivity index (χ3v) is 12.8. The summed E-state index contributed by atoms with van der Waals surface area (Å²) in [6.45, 7) is 12.9. The molecule has 11 atom stereocenters. The van der Waals surface area contributed by atoms with Gasteiger partial charge in [-0.05, 0) is 63.5 Å². The summed E-state index contributed by atoms with van der Waals surface area (Å²) in [5.74, 6) is -6.30. The Labute approximate surface area is 353 Å². The number of hydrogen-bond acceptors (Lipinski definition) is 15. The van der Waals surface area contributed by atoms with Crippen molar-refractivity contribution in [1.29, 1.82) is 0 Å². The van der Waals surface area contributed by atoms with Crippen LogP contribution in [0.25, 0.3) is 0 Å². The van der Waals surface area contributed by atoms with E-state index in [0.717, 1.165) is 13.8 Å². The second-order valence-electron chi connectivity index (χ2n) is 18.2. The van der Waals surface area contributed by atoms with Crippen molar-refractivity contribution >= 4 is 35.8 Å². The van der Waals surface area contributed by atoms with E-state index in [1.165, 1.54) is 26.0 Å². The molecule has 16 heteroatoms. The fraction of sp³-hybridized carbons (Fsp3) is 0.556. The van der Waals surface area contributed by atoms with Gasteiger partial charge in [-0.3, -0.25) is 14.4 Å². The fourth-order valence-electron chi connectivity index (χ4n) is 9.80. The van der Waals surface area contributed by atoms with Crippen LogP contribution in [0.1, 0.15) is 97.1 Å². The van der Waals surface area contributed by atoms with Gasteiger partial charge in [0.1, 0.15) is 29.5 Å². The number of alkyl carbamates (subject to hydrolysis) is 1. The number of ketones is 1. The summed E-state index contributed by atoms with van der Waals surface area (Å²) in [6, 6.07) is 14.5. The standard InChI is InChI=1S/C45H55NO15/c1-23-28(58-39(53)33(50)32(26-16-12-10-13-17-26)46-40(54)61-41(4,5)6)21-45(55)37(59-38(52)27-18-14-11-15-19-27)35-43(9,29(49)20-30-44(35,22-56-30)60-25(3)48)36(51)34(57-24(2)47)31(23)42(45,7)8/h10-19,28-30,32-35,37,49-50,55H,20-22H2,1-9H3,(H,46,54)/t28-,29-,30+,32?,33?,34+,35-,37?,43+,44-,45+/m0/s1. The van der Waals surface area contributed by atoms with E-state index in [1.54, 1.807) is 83.1 Å².